The van der Waals surface area contributed by atoms with Crippen molar-refractivity contribution >= 4 is 5.82 Å². The third kappa shape index (κ3) is 3.05. The van der Waals surface area contributed by atoms with Crippen molar-refractivity contribution in [3.63, 3.8) is 0 Å². The Hall–Kier alpha value is -0.990. The van der Waals surface area contributed by atoms with E-state index in [1.165, 1.54) is 25.0 Å². The number of aryl methyl sites for hydroxylation is 2. The van der Waals surface area contributed by atoms with E-state index in [4.69, 9.17) is 0 Å². The van der Waals surface area contributed by atoms with Crippen molar-refractivity contribution in [1.82, 2.24) is 9.78 Å². The van der Waals surface area contributed by atoms with E-state index in [2.05, 4.69) is 37.3 Å². The number of anilines is 1. The van der Waals surface area contributed by atoms with E-state index in [0.717, 1.165) is 5.82 Å². The van der Waals surface area contributed by atoms with Gasteiger partial charge in [0, 0.05) is 24.8 Å². The Kier molecular flexibility index (Phi) is 3.98. The van der Waals surface area contributed by atoms with Crippen molar-refractivity contribution in [3.05, 3.63) is 11.8 Å². The average molecular weight is 195 g/mol. The second-order valence-corrected chi connectivity index (χ2v) is 3.98. The lowest BCUT2D eigenvalue weighted by Gasteiger charge is -2.11. The fourth-order valence-electron chi connectivity index (χ4n) is 1.47. The van der Waals surface area contributed by atoms with E-state index >= 15 is 0 Å². The Morgan fingerprint density at radius 2 is 2.29 bits per heavy atom. The minimum Gasteiger partial charge on any atom is -0.366 e. The zero-order chi connectivity index (χ0) is 10.6. The molecule has 0 aromatic carbocycles. The third-order valence-corrected chi connectivity index (χ3v) is 2.50. The Balaban J connectivity index is 2.43. The summed E-state index contributed by atoms with van der Waals surface area (Å²) in [5, 5.41) is 7.77. The Bertz CT molecular complexity index is 259. The Labute approximate surface area is 86.5 Å². The molecule has 0 aliphatic rings. The molecule has 3 nitrogen and oxygen atoms in total. The largest absolute Gasteiger partial charge is 0.366 e. The standard InChI is InChI=1S/C11H21N3/c1-5-6-7-9(2)12-11-8-10(3)14(4)13-11/h8-9H,5-7H2,1-4H3,(H,12,13). The lowest BCUT2D eigenvalue weighted by Crippen LogP contribution is -2.15. The minimum absolute atomic E-state index is 0.518. The topological polar surface area (TPSA) is 29.9 Å². The van der Waals surface area contributed by atoms with Gasteiger partial charge in [0.15, 0.2) is 0 Å². The van der Waals surface area contributed by atoms with Gasteiger partial charge in [-0.2, -0.15) is 5.10 Å². The van der Waals surface area contributed by atoms with Gasteiger partial charge in [0.25, 0.3) is 0 Å². The summed E-state index contributed by atoms with van der Waals surface area (Å²) >= 11 is 0. The van der Waals surface area contributed by atoms with Gasteiger partial charge in [-0.1, -0.05) is 19.8 Å². The monoisotopic (exact) mass is 195 g/mol. The molecule has 3 heteroatoms. The smallest absolute Gasteiger partial charge is 0.148 e. The van der Waals surface area contributed by atoms with Crippen LogP contribution in [-0.4, -0.2) is 15.8 Å². The number of unbranched alkanes of at least 4 members (excludes halogenated alkanes) is 1. The molecule has 0 aliphatic heterocycles. The van der Waals surface area contributed by atoms with E-state index in [-0.39, 0.29) is 0 Å². The summed E-state index contributed by atoms with van der Waals surface area (Å²) in [7, 11) is 1.97. The van der Waals surface area contributed by atoms with E-state index in [0.29, 0.717) is 6.04 Å². The molecule has 0 amide bonds. The van der Waals surface area contributed by atoms with Crippen LogP contribution in [0.5, 0.6) is 0 Å². The zero-order valence-corrected chi connectivity index (χ0v) is 9.67. The maximum atomic E-state index is 4.36. The molecule has 0 fully saturated rings. The quantitative estimate of drug-likeness (QED) is 0.783. The molecule has 1 unspecified atom stereocenters. The zero-order valence-electron chi connectivity index (χ0n) is 9.67. The van der Waals surface area contributed by atoms with Crippen LogP contribution < -0.4 is 5.32 Å². The number of hydrogen-bond acceptors (Lipinski definition) is 2. The molecule has 1 aromatic rings. The van der Waals surface area contributed by atoms with Crippen LogP contribution in [-0.2, 0) is 7.05 Å². The van der Waals surface area contributed by atoms with Crippen LogP contribution >= 0.6 is 0 Å². The summed E-state index contributed by atoms with van der Waals surface area (Å²) in [6.07, 6.45) is 3.75. The van der Waals surface area contributed by atoms with E-state index in [1.807, 2.05) is 11.7 Å². The fraction of sp³-hybridized carbons (Fsp3) is 0.727. The van der Waals surface area contributed by atoms with Crippen molar-refractivity contribution in [2.45, 2.75) is 46.1 Å². The first-order valence-corrected chi connectivity index (χ1v) is 5.40. The maximum absolute atomic E-state index is 4.36. The third-order valence-electron chi connectivity index (χ3n) is 2.50. The molecule has 0 spiro atoms. The number of nitrogens with one attached hydrogen (secondary N) is 1. The number of rotatable bonds is 5. The van der Waals surface area contributed by atoms with E-state index < -0.39 is 0 Å². The van der Waals surface area contributed by atoms with Crippen LogP contribution in [0.2, 0.25) is 0 Å². The van der Waals surface area contributed by atoms with Crippen LogP contribution in [0.4, 0.5) is 5.82 Å². The Morgan fingerprint density at radius 3 is 2.79 bits per heavy atom. The van der Waals surface area contributed by atoms with Gasteiger partial charge in [-0.05, 0) is 20.3 Å². The predicted octanol–water partition coefficient (Wildman–Crippen LogP) is 2.72. The molecule has 0 aliphatic carbocycles. The average Bonchev–Trinajstić information content (AvgIpc) is 2.42. The SMILES string of the molecule is CCCCC(C)Nc1cc(C)n(C)n1. The summed E-state index contributed by atoms with van der Waals surface area (Å²) in [6, 6.07) is 2.60. The molecule has 80 valence electrons. The van der Waals surface area contributed by atoms with Gasteiger partial charge in [-0.3, -0.25) is 4.68 Å². The van der Waals surface area contributed by atoms with Crippen molar-refractivity contribution < 1.29 is 0 Å². The molecule has 0 bridgehead atoms. The first kappa shape index (κ1) is 11.1. The van der Waals surface area contributed by atoms with E-state index in [1.54, 1.807) is 0 Å². The highest BCUT2D eigenvalue weighted by Crippen LogP contribution is 2.10. The predicted molar refractivity (Wildman–Crippen MR) is 60.6 cm³/mol. The van der Waals surface area contributed by atoms with Gasteiger partial charge < -0.3 is 5.32 Å². The van der Waals surface area contributed by atoms with Crippen molar-refractivity contribution in [2.75, 3.05) is 5.32 Å². The molecule has 1 heterocycles. The summed E-state index contributed by atoms with van der Waals surface area (Å²) in [5.74, 6) is 0.994. The number of aromatic nitrogens is 2. The fourth-order valence-corrected chi connectivity index (χ4v) is 1.47. The lowest BCUT2D eigenvalue weighted by molar-refractivity contribution is 0.640. The molecular formula is C11H21N3. The molecule has 1 rings (SSSR count). The van der Waals surface area contributed by atoms with Crippen LogP contribution in [0.1, 0.15) is 38.8 Å². The summed E-state index contributed by atoms with van der Waals surface area (Å²) < 4.78 is 1.90. The maximum Gasteiger partial charge on any atom is 0.148 e. The highest BCUT2D eigenvalue weighted by molar-refractivity contribution is 5.36. The molecule has 1 atom stereocenters. The normalized spacial score (nSPS) is 12.9. The molecular weight excluding hydrogens is 174 g/mol. The van der Waals surface area contributed by atoms with Gasteiger partial charge in [-0.15, -0.1) is 0 Å². The lowest BCUT2D eigenvalue weighted by atomic mass is 10.1. The molecule has 0 saturated carbocycles. The molecule has 1 N–H and O–H groups in total. The van der Waals surface area contributed by atoms with Gasteiger partial charge in [0.1, 0.15) is 5.82 Å². The van der Waals surface area contributed by atoms with Crippen molar-refractivity contribution in [2.24, 2.45) is 7.05 Å². The second kappa shape index (κ2) is 5.03. The van der Waals surface area contributed by atoms with Crippen LogP contribution in [0, 0.1) is 6.92 Å². The van der Waals surface area contributed by atoms with Crippen molar-refractivity contribution in [1.29, 1.82) is 0 Å². The van der Waals surface area contributed by atoms with Gasteiger partial charge in [0.2, 0.25) is 0 Å². The van der Waals surface area contributed by atoms with Crippen LogP contribution in [0.15, 0.2) is 6.07 Å². The summed E-state index contributed by atoms with van der Waals surface area (Å²) in [5.41, 5.74) is 1.19. The first-order valence-electron chi connectivity index (χ1n) is 5.40. The van der Waals surface area contributed by atoms with Gasteiger partial charge in [0.05, 0.1) is 0 Å². The molecule has 0 saturated heterocycles. The minimum atomic E-state index is 0.518. The molecule has 0 radical (unpaired) electrons. The number of nitrogens with zero attached hydrogens (tertiary/aromatic N) is 2. The Morgan fingerprint density at radius 1 is 1.57 bits per heavy atom. The van der Waals surface area contributed by atoms with Gasteiger partial charge in [-0.25, -0.2) is 0 Å². The first-order chi connectivity index (χ1) is 6.63. The van der Waals surface area contributed by atoms with Crippen LogP contribution in [0.3, 0.4) is 0 Å². The molecule has 1 aromatic heterocycles. The highest BCUT2D eigenvalue weighted by Gasteiger charge is 2.04. The number of hydrogen-bond donors (Lipinski definition) is 1. The summed E-state index contributed by atoms with van der Waals surface area (Å²) in [4.78, 5) is 0. The van der Waals surface area contributed by atoms with E-state index in [9.17, 15) is 0 Å². The van der Waals surface area contributed by atoms with Crippen molar-refractivity contribution in [3.8, 4) is 0 Å². The van der Waals surface area contributed by atoms with Crippen LogP contribution in [0.25, 0.3) is 0 Å². The highest BCUT2D eigenvalue weighted by atomic mass is 15.3. The van der Waals surface area contributed by atoms with Gasteiger partial charge >= 0.3 is 0 Å². The molecule has 14 heavy (non-hydrogen) atoms. The summed E-state index contributed by atoms with van der Waals surface area (Å²) in [6.45, 7) is 6.49. The second-order valence-electron chi connectivity index (χ2n) is 3.98.